The molecule has 3 heteroatoms. The Morgan fingerprint density at radius 3 is 2.81 bits per heavy atom. The van der Waals surface area contributed by atoms with Crippen LogP contribution in [-0.4, -0.2) is 13.1 Å². The Balaban J connectivity index is 2.05. The summed E-state index contributed by atoms with van der Waals surface area (Å²) in [6.45, 7) is 3.53. The molecule has 0 amide bonds. The third-order valence-corrected chi connectivity index (χ3v) is 3.43. The van der Waals surface area contributed by atoms with Crippen molar-refractivity contribution in [3.05, 3.63) is 35.1 Å². The fourth-order valence-corrected chi connectivity index (χ4v) is 2.29. The minimum atomic E-state index is -0.126. The van der Waals surface area contributed by atoms with E-state index in [1.807, 2.05) is 19.1 Å². The number of hydrogen-bond donors (Lipinski definition) is 2. The third-order valence-electron chi connectivity index (χ3n) is 3.43. The molecule has 1 fully saturated rings. The van der Waals surface area contributed by atoms with Crippen molar-refractivity contribution in [1.29, 1.82) is 0 Å². The summed E-state index contributed by atoms with van der Waals surface area (Å²) in [5, 5.41) is 3.48. The van der Waals surface area contributed by atoms with Gasteiger partial charge in [0.25, 0.3) is 0 Å². The SMILES string of the molecule is Cc1cc(C2CCC(CN)CN2)ccc1F. The Morgan fingerprint density at radius 2 is 2.25 bits per heavy atom. The van der Waals surface area contributed by atoms with E-state index in [4.69, 9.17) is 5.73 Å². The predicted octanol–water partition coefficient (Wildman–Crippen LogP) is 2.13. The summed E-state index contributed by atoms with van der Waals surface area (Å²) in [7, 11) is 0. The lowest BCUT2D eigenvalue weighted by molar-refractivity contribution is 0.320. The van der Waals surface area contributed by atoms with Gasteiger partial charge in [0.05, 0.1) is 0 Å². The van der Waals surface area contributed by atoms with Crippen LogP contribution in [0.5, 0.6) is 0 Å². The summed E-state index contributed by atoms with van der Waals surface area (Å²) in [5.74, 6) is 0.470. The van der Waals surface area contributed by atoms with E-state index in [2.05, 4.69) is 5.32 Å². The standard InChI is InChI=1S/C13H19FN2/c1-9-6-11(3-4-12(9)14)13-5-2-10(7-15)8-16-13/h3-4,6,10,13,16H,2,5,7-8,15H2,1H3. The molecule has 2 atom stereocenters. The first-order chi connectivity index (χ1) is 7.70. The lowest BCUT2D eigenvalue weighted by Crippen LogP contribution is -2.36. The molecule has 0 aliphatic carbocycles. The van der Waals surface area contributed by atoms with Gasteiger partial charge in [0.15, 0.2) is 0 Å². The van der Waals surface area contributed by atoms with Crippen molar-refractivity contribution in [2.45, 2.75) is 25.8 Å². The number of hydrogen-bond acceptors (Lipinski definition) is 2. The molecule has 88 valence electrons. The van der Waals surface area contributed by atoms with Crippen molar-refractivity contribution in [3.63, 3.8) is 0 Å². The van der Waals surface area contributed by atoms with Crippen LogP contribution >= 0.6 is 0 Å². The second-order valence-electron chi connectivity index (χ2n) is 4.65. The van der Waals surface area contributed by atoms with E-state index in [1.54, 1.807) is 6.07 Å². The maximum absolute atomic E-state index is 13.1. The van der Waals surface area contributed by atoms with Crippen LogP contribution in [0.25, 0.3) is 0 Å². The first-order valence-electron chi connectivity index (χ1n) is 5.90. The number of benzene rings is 1. The maximum atomic E-state index is 13.1. The molecule has 0 saturated carbocycles. The lowest BCUT2D eigenvalue weighted by atomic mass is 9.90. The first-order valence-corrected chi connectivity index (χ1v) is 5.90. The van der Waals surface area contributed by atoms with E-state index < -0.39 is 0 Å². The number of nitrogens with one attached hydrogen (secondary N) is 1. The van der Waals surface area contributed by atoms with E-state index in [0.717, 1.165) is 31.5 Å². The van der Waals surface area contributed by atoms with E-state index in [1.165, 1.54) is 5.56 Å². The molecular formula is C13H19FN2. The van der Waals surface area contributed by atoms with E-state index in [-0.39, 0.29) is 5.82 Å². The molecule has 16 heavy (non-hydrogen) atoms. The molecule has 0 spiro atoms. The molecule has 3 N–H and O–H groups in total. The molecule has 2 rings (SSSR count). The minimum Gasteiger partial charge on any atom is -0.330 e. The highest BCUT2D eigenvalue weighted by Gasteiger charge is 2.20. The van der Waals surface area contributed by atoms with Crippen LogP contribution in [-0.2, 0) is 0 Å². The number of halogens is 1. The number of rotatable bonds is 2. The van der Waals surface area contributed by atoms with Gasteiger partial charge in [0.1, 0.15) is 5.82 Å². The van der Waals surface area contributed by atoms with Gasteiger partial charge in [-0.3, -0.25) is 0 Å². The molecule has 1 saturated heterocycles. The van der Waals surface area contributed by atoms with Crippen LogP contribution in [0.1, 0.15) is 30.0 Å². The zero-order chi connectivity index (χ0) is 11.5. The summed E-state index contributed by atoms with van der Waals surface area (Å²) in [4.78, 5) is 0. The molecular weight excluding hydrogens is 203 g/mol. The van der Waals surface area contributed by atoms with Crippen LogP contribution in [0, 0.1) is 18.7 Å². The summed E-state index contributed by atoms with van der Waals surface area (Å²) >= 11 is 0. The second kappa shape index (κ2) is 4.93. The normalized spacial score (nSPS) is 25.7. The summed E-state index contributed by atoms with van der Waals surface area (Å²) in [5.41, 5.74) is 7.55. The molecule has 1 aliphatic rings. The van der Waals surface area contributed by atoms with Crippen LogP contribution in [0.15, 0.2) is 18.2 Å². The van der Waals surface area contributed by atoms with Crippen LogP contribution < -0.4 is 11.1 Å². The van der Waals surface area contributed by atoms with Crippen LogP contribution in [0.2, 0.25) is 0 Å². The molecule has 1 aromatic carbocycles. The topological polar surface area (TPSA) is 38.0 Å². The minimum absolute atomic E-state index is 0.126. The van der Waals surface area contributed by atoms with Gasteiger partial charge in [-0.15, -0.1) is 0 Å². The largest absolute Gasteiger partial charge is 0.330 e. The highest BCUT2D eigenvalue weighted by Crippen LogP contribution is 2.26. The van der Waals surface area contributed by atoms with Crippen molar-refractivity contribution >= 4 is 0 Å². The number of aryl methyl sites for hydroxylation is 1. The van der Waals surface area contributed by atoms with Gasteiger partial charge in [-0.1, -0.05) is 12.1 Å². The fraction of sp³-hybridized carbons (Fsp3) is 0.538. The second-order valence-corrected chi connectivity index (χ2v) is 4.65. The van der Waals surface area contributed by atoms with Gasteiger partial charge in [-0.05, 0) is 56.0 Å². The highest BCUT2D eigenvalue weighted by molar-refractivity contribution is 5.26. The van der Waals surface area contributed by atoms with Gasteiger partial charge < -0.3 is 11.1 Å². The maximum Gasteiger partial charge on any atom is 0.126 e. The lowest BCUT2D eigenvalue weighted by Gasteiger charge is -2.29. The van der Waals surface area contributed by atoms with E-state index >= 15 is 0 Å². The quantitative estimate of drug-likeness (QED) is 0.804. The van der Waals surface area contributed by atoms with Crippen molar-refractivity contribution in [3.8, 4) is 0 Å². The monoisotopic (exact) mass is 222 g/mol. The van der Waals surface area contributed by atoms with Gasteiger partial charge in [-0.2, -0.15) is 0 Å². The average molecular weight is 222 g/mol. The smallest absolute Gasteiger partial charge is 0.126 e. The molecule has 2 unspecified atom stereocenters. The Bertz CT molecular complexity index is 357. The molecule has 2 nitrogen and oxygen atoms in total. The van der Waals surface area contributed by atoms with Gasteiger partial charge in [0, 0.05) is 6.04 Å². The third kappa shape index (κ3) is 2.42. The van der Waals surface area contributed by atoms with Gasteiger partial charge in [0.2, 0.25) is 0 Å². The zero-order valence-corrected chi connectivity index (χ0v) is 9.67. The average Bonchev–Trinajstić information content (AvgIpc) is 2.33. The predicted molar refractivity (Wildman–Crippen MR) is 63.7 cm³/mol. The Hall–Kier alpha value is -0.930. The summed E-state index contributed by atoms with van der Waals surface area (Å²) < 4.78 is 13.1. The molecule has 1 aromatic rings. The molecule has 1 heterocycles. The number of piperidine rings is 1. The Labute approximate surface area is 96.0 Å². The number of nitrogens with two attached hydrogens (primary N) is 1. The molecule has 1 aliphatic heterocycles. The van der Waals surface area contributed by atoms with Crippen molar-refractivity contribution < 1.29 is 4.39 Å². The van der Waals surface area contributed by atoms with Crippen LogP contribution in [0.3, 0.4) is 0 Å². The van der Waals surface area contributed by atoms with Gasteiger partial charge in [-0.25, -0.2) is 4.39 Å². The zero-order valence-electron chi connectivity index (χ0n) is 9.67. The molecule has 0 aromatic heterocycles. The van der Waals surface area contributed by atoms with Crippen molar-refractivity contribution in [2.75, 3.05) is 13.1 Å². The summed E-state index contributed by atoms with van der Waals surface area (Å²) in [6.07, 6.45) is 2.25. The Kier molecular flexibility index (Phi) is 3.56. The Morgan fingerprint density at radius 1 is 1.44 bits per heavy atom. The highest BCUT2D eigenvalue weighted by atomic mass is 19.1. The van der Waals surface area contributed by atoms with Crippen molar-refractivity contribution in [2.24, 2.45) is 11.7 Å². The molecule has 0 radical (unpaired) electrons. The summed E-state index contributed by atoms with van der Waals surface area (Å²) in [6, 6.07) is 5.74. The van der Waals surface area contributed by atoms with E-state index in [9.17, 15) is 4.39 Å². The van der Waals surface area contributed by atoms with E-state index in [0.29, 0.717) is 12.0 Å². The molecule has 0 bridgehead atoms. The first kappa shape index (κ1) is 11.6. The van der Waals surface area contributed by atoms with Crippen LogP contribution in [0.4, 0.5) is 4.39 Å². The van der Waals surface area contributed by atoms with Crippen molar-refractivity contribution in [1.82, 2.24) is 5.32 Å². The van der Waals surface area contributed by atoms with Gasteiger partial charge >= 0.3 is 0 Å². The fourth-order valence-electron chi connectivity index (χ4n) is 2.29.